The van der Waals surface area contributed by atoms with Gasteiger partial charge in [0.25, 0.3) is 0 Å². The molecule has 0 aliphatic heterocycles. The summed E-state index contributed by atoms with van der Waals surface area (Å²) in [7, 11) is 0. The molecule has 0 radical (unpaired) electrons. The molecule has 0 aromatic heterocycles. The Kier molecular flexibility index (Phi) is 7.30. The second-order valence-electron chi connectivity index (χ2n) is 6.82. The summed E-state index contributed by atoms with van der Waals surface area (Å²) in [6.45, 7) is 4.09. The number of carbonyl (C=O) groups is 1. The minimum absolute atomic E-state index is 0. The van der Waals surface area contributed by atoms with E-state index in [2.05, 4.69) is 5.32 Å². The second-order valence-corrected chi connectivity index (χ2v) is 7.22. The summed E-state index contributed by atoms with van der Waals surface area (Å²) in [6.07, 6.45) is 3.54. The van der Waals surface area contributed by atoms with Crippen LogP contribution in [0, 0.1) is 11.7 Å². The van der Waals surface area contributed by atoms with Gasteiger partial charge < -0.3 is 11.1 Å². The van der Waals surface area contributed by atoms with Gasteiger partial charge in [-0.2, -0.15) is 0 Å². The van der Waals surface area contributed by atoms with Crippen molar-refractivity contribution in [2.75, 3.05) is 6.54 Å². The molecule has 2 atom stereocenters. The molecule has 1 aliphatic rings. The second kappa shape index (κ2) is 8.32. The third-order valence-corrected chi connectivity index (χ3v) is 4.85. The third kappa shape index (κ3) is 5.07. The molecule has 3 nitrogen and oxygen atoms in total. The Morgan fingerprint density at radius 1 is 1.43 bits per heavy atom. The fourth-order valence-corrected chi connectivity index (χ4v) is 3.60. The molecule has 0 spiro atoms. The van der Waals surface area contributed by atoms with E-state index in [1.807, 2.05) is 13.8 Å². The summed E-state index contributed by atoms with van der Waals surface area (Å²) in [4.78, 5) is 12.1. The van der Waals surface area contributed by atoms with Crippen molar-refractivity contribution in [3.05, 3.63) is 34.6 Å². The fraction of sp³-hybridized carbons (Fsp3) is 0.588. The van der Waals surface area contributed by atoms with E-state index in [0.29, 0.717) is 23.6 Å². The monoisotopic (exact) mass is 362 g/mol. The highest BCUT2D eigenvalue weighted by molar-refractivity contribution is 6.31. The van der Waals surface area contributed by atoms with Gasteiger partial charge in [0.1, 0.15) is 5.82 Å². The first-order valence-corrected chi connectivity index (χ1v) is 8.16. The zero-order valence-electron chi connectivity index (χ0n) is 13.6. The first-order chi connectivity index (χ1) is 10.3. The minimum Gasteiger partial charge on any atom is -0.355 e. The molecule has 2 rings (SSSR count). The summed E-state index contributed by atoms with van der Waals surface area (Å²) in [5.74, 6) is -0.104. The largest absolute Gasteiger partial charge is 0.355 e. The number of nitrogens with one attached hydrogen (secondary N) is 1. The van der Waals surface area contributed by atoms with E-state index in [1.165, 1.54) is 6.07 Å². The van der Waals surface area contributed by atoms with Crippen molar-refractivity contribution in [2.24, 2.45) is 11.7 Å². The van der Waals surface area contributed by atoms with Crippen molar-refractivity contribution < 1.29 is 9.18 Å². The van der Waals surface area contributed by atoms with Gasteiger partial charge in [-0.3, -0.25) is 4.79 Å². The van der Waals surface area contributed by atoms with Crippen LogP contribution in [0.2, 0.25) is 5.02 Å². The van der Waals surface area contributed by atoms with Gasteiger partial charge >= 0.3 is 0 Å². The molecule has 1 aromatic carbocycles. The van der Waals surface area contributed by atoms with Crippen LogP contribution in [0.15, 0.2) is 18.2 Å². The summed E-state index contributed by atoms with van der Waals surface area (Å²) in [5.41, 5.74) is 5.86. The maximum absolute atomic E-state index is 14.0. The van der Waals surface area contributed by atoms with E-state index in [-0.39, 0.29) is 36.1 Å². The van der Waals surface area contributed by atoms with Crippen molar-refractivity contribution in [1.82, 2.24) is 5.32 Å². The Bertz CT molecular complexity index is 531. The molecule has 23 heavy (non-hydrogen) atoms. The molecule has 1 aliphatic carbocycles. The molecule has 1 amide bonds. The minimum atomic E-state index is -0.574. The number of rotatable bonds is 5. The molecule has 0 heterocycles. The number of nitrogens with two attached hydrogens (primary N) is 1. The lowest BCUT2D eigenvalue weighted by atomic mass is 9.84. The summed E-state index contributed by atoms with van der Waals surface area (Å²) in [5, 5.41) is 3.29. The van der Waals surface area contributed by atoms with Gasteiger partial charge in [-0.15, -0.1) is 12.4 Å². The lowest BCUT2D eigenvalue weighted by Gasteiger charge is -2.27. The molecule has 1 aromatic rings. The number of benzene rings is 1. The predicted octanol–water partition coefficient (Wildman–Crippen LogP) is 3.81. The van der Waals surface area contributed by atoms with Crippen molar-refractivity contribution in [3.8, 4) is 0 Å². The quantitative estimate of drug-likeness (QED) is 0.836. The molecule has 0 saturated heterocycles. The number of hydrogen-bond acceptors (Lipinski definition) is 2. The van der Waals surface area contributed by atoms with E-state index in [4.69, 9.17) is 17.3 Å². The highest BCUT2D eigenvalue weighted by Gasteiger charge is 2.29. The molecule has 3 N–H and O–H groups in total. The average molecular weight is 363 g/mol. The van der Waals surface area contributed by atoms with Gasteiger partial charge in [0.2, 0.25) is 5.91 Å². The average Bonchev–Trinajstić information content (AvgIpc) is 2.82. The molecule has 1 saturated carbocycles. The highest BCUT2D eigenvalue weighted by atomic mass is 35.5. The van der Waals surface area contributed by atoms with E-state index in [1.54, 1.807) is 12.1 Å². The molecular weight excluding hydrogens is 338 g/mol. The highest BCUT2D eigenvalue weighted by Crippen LogP contribution is 2.32. The van der Waals surface area contributed by atoms with Crippen molar-refractivity contribution in [3.63, 3.8) is 0 Å². The first kappa shape index (κ1) is 20.2. The van der Waals surface area contributed by atoms with Crippen LogP contribution in [0.5, 0.6) is 0 Å². The SMILES string of the molecule is CC(C)(CNC(=O)C[C@@H]1CCC[C@H]1N)c1c(F)cccc1Cl.Cl. The Morgan fingerprint density at radius 2 is 2.13 bits per heavy atom. The maximum atomic E-state index is 14.0. The van der Waals surface area contributed by atoms with Crippen LogP contribution >= 0.6 is 24.0 Å². The molecule has 1 fully saturated rings. The Balaban J connectivity index is 0.00000264. The van der Waals surface area contributed by atoms with Gasteiger partial charge in [-0.25, -0.2) is 4.39 Å². The lowest BCUT2D eigenvalue weighted by molar-refractivity contribution is -0.122. The van der Waals surface area contributed by atoms with Crippen LogP contribution in [-0.4, -0.2) is 18.5 Å². The van der Waals surface area contributed by atoms with E-state index in [0.717, 1.165) is 19.3 Å². The Labute approximate surface area is 148 Å². The van der Waals surface area contributed by atoms with Crippen LogP contribution in [0.4, 0.5) is 4.39 Å². The van der Waals surface area contributed by atoms with Gasteiger partial charge in [0.05, 0.1) is 0 Å². The standard InChI is InChI=1S/C17H24ClFN2O.ClH/c1-17(2,16-12(18)6-4-7-13(16)19)10-21-15(22)9-11-5-3-8-14(11)20;/h4,6-7,11,14H,3,5,8-10,20H2,1-2H3,(H,21,22);1H/t11-,14+;/m0./s1. The normalized spacial score (nSPS) is 20.9. The van der Waals surface area contributed by atoms with E-state index >= 15 is 0 Å². The van der Waals surface area contributed by atoms with Crippen molar-refractivity contribution in [1.29, 1.82) is 0 Å². The predicted molar refractivity (Wildman–Crippen MR) is 94.6 cm³/mol. The Morgan fingerprint density at radius 3 is 2.70 bits per heavy atom. The zero-order chi connectivity index (χ0) is 16.3. The topological polar surface area (TPSA) is 55.1 Å². The van der Waals surface area contributed by atoms with Crippen LogP contribution < -0.4 is 11.1 Å². The van der Waals surface area contributed by atoms with Gasteiger partial charge in [0.15, 0.2) is 0 Å². The van der Waals surface area contributed by atoms with Gasteiger partial charge in [0, 0.05) is 35.0 Å². The fourth-order valence-electron chi connectivity index (χ4n) is 3.18. The third-order valence-electron chi connectivity index (χ3n) is 4.53. The zero-order valence-corrected chi connectivity index (χ0v) is 15.1. The number of hydrogen-bond donors (Lipinski definition) is 2. The lowest BCUT2D eigenvalue weighted by Crippen LogP contribution is -2.39. The van der Waals surface area contributed by atoms with Gasteiger partial charge in [-0.1, -0.05) is 37.9 Å². The van der Waals surface area contributed by atoms with Crippen LogP contribution in [0.1, 0.15) is 45.1 Å². The molecule has 6 heteroatoms. The molecule has 0 bridgehead atoms. The number of halogens is 3. The molecule has 0 unspecified atom stereocenters. The van der Waals surface area contributed by atoms with Crippen molar-refractivity contribution >= 4 is 29.9 Å². The van der Waals surface area contributed by atoms with Crippen LogP contribution in [-0.2, 0) is 10.2 Å². The maximum Gasteiger partial charge on any atom is 0.220 e. The van der Waals surface area contributed by atoms with Crippen LogP contribution in [0.25, 0.3) is 0 Å². The van der Waals surface area contributed by atoms with E-state index in [9.17, 15) is 9.18 Å². The van der Waals surface area contributed by atoms with Gasteiger partial charge in [-0.05, 0) is 30.9 Å². The van der Waals surface area contributed by atoms with Crippen molar-refractivity contribution in [2.45, 2.75) is 51.0 Å². The first-order valence-electron chi connectivity index (χ1n) is 7.78. The summed E-state index contributed by atoms with van der Waals surface area (Å²) >= 11 is 6.12. The van der Waals surface area contributed by atoms with E-state index < -0.39 is 5.41 Å². The van der Waals surface area contributed by atoms with Crippen LogP contribution in [0.3, 0.4) is 0 Å². The Hall–Kier alpha value is -0.840. The number of carbonyl (C=O) groups excluding carboxylic acids is 1. The summed E-state index contributed by atoms with van der Waals surface area (Å²) in [6, 6.07) is 4.76. The molecule has 130 valence electrons. The number of amides is 1. The summed E-state index contributed by atoms with van der Waals surface area (Å²) < 4.78 is 14.0. The molecular formula is C17H25Cl2FN2O. The smallest absolute Gasteiger partial charge is 0.220 e.